The summed E-state index contributed by atoms with van der Waals surface area (Å²) in [6, 6.07) is 19.6. The number of ether oxygens (including phenoxy) is 1. The molecular weight excluding hydrogens is 382 g/mol. The second-order valence-electron chi connectivity index (χ2n) is 7.18. The van der Waals surface area contributed by atoms with Crippen LogP contribution in [0.3, 0.4) is 0 Å². The predicted octanol–water partition coefficient (Wildman–Crippen LogP) is 2.81. The molecule has 7 nitrogen and oxygen atoms in total. The van der Waals surface area contributed by atoms with Gasteiger partial charge in [0.15, 0.2) is 5.69 Å². The van der Waals surface area contributed by atoms with Crippen molar-refractivity contribution >= 4 is 5.91 Å². The van der Waals surface area contributed by atoms with Crippen LogP contribution >= 0.6 is 0 Å². The highest BCUT2D eigenvalue weighted by atomic mass is 16.5. The molecule has 2 heterocycles. The average Bonchev–Trinajstić information content (AvgIpc) is 2.78. The standard InChI is InChI=1S/C23H23N3O4/c1-3-25-14-17(26-19(22(25)29)20(27)21(28)24-23(26)30-2)18(15-10-6-4-7-11-15)16-12-8-5-9-13-16/h4-13,17-18,27H,3,14H2,1-2H3. The topological polar surface area (TPSA) is 84.7 Å². The Labute approximate surface area is 174 Å². The van der Waals surface area contributed by atoms with Crippen LogP contribution < -0.4 is 10.3 Å². The molecule has 0 fully saturated rings. The number of hydrogen-bond donors (Lipinski definition) is 1. The summed E-state index contributed by atoms with van der Waals surface area (Å²) < 4.78 is 6.97. The van der Waals surface area contributed by atoms with Gasteiger partial charge in [-0.15, -0.1) is 0 Å². The minimum Gasteiger partial charge on any atom is -0.501 e. The Morgan fingerprint density at radius 2 is 1.63 bits per heavy atom. The Morgan fingerprint density at radius 3 is 2.13 bits per heavy atom. The van der Waals surface area contributed by atoms with Crippen molar-refractivity contribution < 1.29 is 14.6 Å². The van der Waals surface area contributed by atoms with E-state index < -0.39 is 17.2 Å². The Kier molecular flexibility index (Phi) is 5.27. The number of amides is 1. The summed E-state index contributed by atoms with van der Waals surface area (Å²) in [5, 5.41) is 10.5. The van der Waals surface area contributed by atoms with Crippen LogP contribution in [0.5, 0.6) is 11.8 Å². The minimum atomic E-state index is -0.876. The van der Waals surface area contributed by atoms with Gasteiger partial charge in [-0.05, 0) is 18.1 Å². The average molecular weight is 405 g/mol. The highest BCUT2D eigenvalue weighted by Gasteiger charge is 2.40. The molecule has 0 spiro atoms. The number of aromatic hydroxyl groups is 1. The largest absolute Gasteiger partial charge is 0.501 e. The molecular formula is C23H23N3O4. The second-order valence-corrected chi connectivity index (χ2v) is 7.18. The molecule has 1 atom stereocenters. The van der Waals surface area contributed by atoms with E-state index >= 15 is 0 Å². The van der Waals surface area contributed by atoms with Crippen LogP contribution in [0, 0.1) is 0 Å². The van der Waals surface area contributed by atoms with Crippen LogP contribution in [0.25, 0.3) is 0 Å². The lowest BCUT2D eigenvalue weighted by molar-refractivity contribution is 0.0648. The first-order chi connectivity index (χ1) is 14.6. The first kappa shape index (κ1) is 19.7. The lowest BCUT2D eigenvalue weighted by Crippen LogP contribution is -2.46. The summed E-state index contributed by atoms with van der Waals surface area (Å²) in [6.45, 7) is 2.71. The van der Waals surface area contributed by atoms with Gasteiger partial charge in [-0.2, -0.15) is 4.98 Å². The molecule has 30 heavy (non-hydrogen) atoms. The van der Waals surface area contributed by atoms with Crippen LogP contribution in [0.15, 0.2) is 65.5 Å². The fourth-order valence-corrected chi connectivity index (χ4v) is 4.19. The van der Waals surface area contributed by atoms with Crippen molar-refractivity contribution in [2.24, 2.45) is 0 Å². The molecule has 0 bridgehead atoms. The number of carbonyl (C=O) groups is 1. The number of aromatic nitrogens is 2. The highest BCUT2D eigenvalue weighted by Crippen LogP contribution is 2.41. The van der Waals surface area contributed by atoms with Crippen molar-refractivity contribution in [1.29, 1.82) is 0 Å². The fraction of sp³-hybridized carbons (Fsp3) is 0.261. The van der Waals surface area contributed by atoms with Crippen molar-refractivity contribution in [3.63, 3.8) is 0 Å². The molecule has 0 radical (unpaired) electrons. The van der Waals surface area contributed by atoms with E-state index in [1.807, 2.05) is 67.6 Å². The van der Waals surface area contributed by atoms with E-state index in [2.05, 4.69) is 4.98 Å². The molecule has 4 rings (SSSR count). The molecule has 154 valence electrons. The van der Waals surface area contributed by atoms with Crippen molar-refractivity contribution in [2.75, 3.05) is 20.2 Å². The quantitative estimate of drug-likeness (QED) is 0.706. The lowest BCUT2D eigenvalue weighted by Gasteiger charge is -2.40. The highest BCUT2D eigenvalue weighted by molar-refractivity contribution is 5.96. The van der Waals surface area contributed by atoms with Crippen LogP contribution in [-0.2, 0) is 0 Å². The maximum Gasteiger partial charge on any atom is 0.318 e. The van der Waals surface area contributed by atoms with Crippen LogP contribution in [0.2, 0.25) is 0 Å². The number of carbonyl (C=O) groups excluding carboxylic acids is 1. The third kappa shape index (κ3) is 3.22. The third-order valence-corrected chi connectivity index (χ3v) is 5.57. The van der Waals surface area contributed by atoms with Gasteiger partial charge < -0.3 is 14.7 Å². The Morgan fingerprint density at radius 1 is 1.07 bits per heavy atom. The van der Waals surface area contributed by atoms with Crippen LogP contribution in [0.4, 0.5) is 0 Å². The minimum absolute atomic E-state index is 0.0127. The van der Waals surface area contributed by atoms with Gasteiger partial charge in [-0.1, -0.05) is 60.7 Å². The van der Waals surface area contributed by atoms with E-state index in [0.29, 0.717) is 13.1 Å². The van der Waals surface area contributed by atoms with Gasteiger partial charge in [0.25, 0.3) is 5.91 Å². The maximum atomic E-state index is 13.1. The van der Waals surface area contributed by atoms with E-state index in [9.17, 15) is 14.7 Å². The second kappa shape index (κ2) is 8.02. The maximum absolute atomic E-state index is 13.1. The molecule has 0 saturated heterocycles. The molecule has 1 unspecified atom stereocenters. The molecule has 2 aromatic carbocycles. The number of likely N-dealkylation sites (N-methyl/N-ethyl adjacent to an activating group) is 1. The monoisotopic (exact) mass is 405 g/mol. The zero-order chi connectivity index (χ0) is 21.3. The van der Waals surface area contributed by atoms with Crippen molar-refractivity contribution in [2.45, 2.75) is 18.9 Å². The molecule has 1 aliphatic heterocycles. The summed E-state index contributed by atoms with van der Waals surface area (Å²) in [6.07, 6.45) is 0. The molecule has 0 saturated carbocycles. The van der Waals surface area contributed by atoms with E-state index in [0.717, 1.165) is 11.1 Å². The molecule has 7 heteroatoms. The molecule has 1 amide bonds. The summed E-state index contributed by atoms with van der Waals surface area (Å²) in [7, 11) is 1.40. The van der Waals surface area contributed by atoms with Gasteiger partial charge in [0.2, 0.25) is 5.75 Å². The first-order valence-electron chi connectivity index (χ1n) is 9.85. The molecule has 0 aliphatic carbocycles. The molecule has 1 N–H and O–H groups in total. The van der Waals surface area contributed by atoms with Gasteiger partial charge in [0, 0.05) is 19.0 Å². The Balaban J connectivity index is 2.01. The third-order valence-electron chi connectivity index (χ3n) is 5.57. The van der Waals surface area contributed by atoms with Crippen LogP contribution in [0.1, 0.15) is 40.5 Å². The van der Waals surface area contributed by atoms with Gasteiger partial charge in [-0.3, -0.25) is 14.2 Å². The summed E-state index contributed by atoms with van der Waals surface area (Å²) in [5.41, 5.74) is 1.14. The van der Waals surface area contributed by atoms with Crippen molar-refractivity contribution in [3.8, 4) is 11.8 Å². The molecule has 3 aromatic rings. The SMILES string of the molecule is CCN1CC(C(c2ccccc2)c2ccccc2)n2c(OC)nc(=O)c(O)c2C1=O. The summed E-state index contributed by atoms with van der Waals surface area (Å²) in [4.78, 5) is 30.8. The zero-order valence-corrected chi connectivity index (χ0v) is 16.9. The Bertz CT molecular complexity index is 1070. The summed E-state index contributed by atoms with van der Waals surface area (Å²) >= 11 is 0. The fourth-order valence-electron chi connectivity index (χ4n) is 4.19. The van der Waals surface area contributed by atoms with Gasteiger partial charge >= 0.3 is 11.6 Å². The Hall–Kier alpha value is -3.61. The number of fused-ring (bicyclic) bond motifs is 1. The first-order valence-corrected chi connectivity index (χ1v) is 9.85. The van der Waals surface area contributed by atoms with E-state index in [1.54, 1.807) is 9.47 Å². The number of methoxy groups -OCH3 is 1. The predicted molar refractivity (Wildman–Crippen MR) is 112 cm³/mol. The van der Waals surface area contributed by atoms with Gasteiger partial charge in [0.1, 0.15) is 0 Å². The normalized spacial score (nSPS) is 15.9. The lowest BCUT2D eigenvalue weighted by atomic mass is 9.83. The van der Waals surface area contributed by atoms with Crippen molar-refractivity contribution in [3.05, 3.63) is 87.8 Å². The molecule has 1 aliphatic rings. The summed E-state index contributed by atoms with van der Waals surface area (Å²) in [5.74, 6) is -1.22. The zero-order valence-electron chi connectivity index (χ0n) is 16.9. The van der Waals surface area contributed by atoms with E-state index in [1.165, 1.54) is 7.11 Å². The smallest absolute Gasteiger partial charge is 0.318 e. The van der Waals surface area contributed by atoms with Crippen molar-refractivity contribution in [1.82, 2.24) is 14.5 Å². The number of nitrogens with zero attached hydrogens (tertiary/aromatic N) is 3. The van der Waals surface area contributed by atoms with E-state index in [4.69, 9.17) is 4.74 Å². The number of benzene rings is 2. The van der Waals surface area contributed by atoms with Gasteiger partial charge in [-0.25, -0.2) is 0 Å². The van der Waals surface area contributed by atoms with Crippen LogP contribution in [-0.4, -0.2) is 45.7 Å². The molecule has 1 aromatic heterocycles. The van der Waals surface area contributed by atoms with E-state index in [-0.39, 0.29) is 23.7 Å². The van der Waals surface area contributed by atoms with Gasteiger partial charge in [0.05, 0.1) is 13.2 Å². The number of rotatable bonds is 5. The number of hydrogen-bond acceptors (Lipinski definition) is 5.